The molecule has 8 heteroatoms. The summed E-state index contributed by atoms with van der Waals surface area (Å²) < 4.78 is 46.6. The summed E-state index contributed by atoms with van der Waals surface area (Å²) in [6.07, 6.45) is 0.697. The number of amides is 1. The molecule has 1 fully saturated rings. The summed E-state index contributed by atoms with van der Waals surface area (Å²) in [6, 6.07) is 21.7. The number of hydrogen-bond acceptors (Lipinski definition) is 4. The van der Waals surface area contributed by atoms with Crippen LogP contribution in [0.1, 0.15) is 12.8 Å². The average Bonchev–Trinajstić information content (AvgIpc) is 2.81. The molecule has 0 spiro atoms. The molecule has 1 amide bonds. The highest BCUT2D eigenvalue weighted by Crippen LogP contribution is 2.31. The summed E-state index contributed by atoms with van der Waals surface area (Å²) >= 11 is 0. The van der Waals surface area contributed by atoms with Gasteiger partial charge in [-0.05, 0) is 49.2 Å². The van der Waals surface area contributed by atoms with E-state index in [9.17, 15) is 17.6 Å². The Labute approximate surface area is 186 Å². The molecule has 0 unspecified atom stereocenters. The van der Waals surface area contributed by atoms with Crippen molar-refractivity contribution in [3.8, 4) is 11.5 Å². The average molecular weight is 455 g/mol. The molecular formula is C24H23FN2O4S. The molecule has 4 rings (SSSR count). The quantitative estimate of drug-likeness (QED) is 0.588. The Kier molecular flexibility index (Phi) is 6.53. The van der Waals surface area contributed by atoms with Gasteiger partial charge in [-0.2, -0.15) is 4.31 Å². The van der Waals surface area contributed by atoms with Crippen LogP contribution in [0.3, 0.4) is 0 Å². The van der Waals surface area contributed by atoms with Crippen molar-refractivity contribution in [2.75, 3.05) is 18.4 Å². The van der Waals surface area contributed by atoms with Crippen LogP contribution < -0.4 is 10.1 Å². The Bertz CT molecular complexity index is 1190. The van der Waals surface area contributed by atoms with Crippen molar-refractivity contribution in [1.82, 2.24) is 4.31 Å². The molecule has 1 heterocycles. The molecule has 0 radical (unpaired) electrons. The topological polar surface area (TPSA) is 75.7 Å². The van der Waals surface area contributed by atoms with Crippen molar-refractivity contribution >= 4 is 21.6 Å². The Morgan fingerprint density at radius 1 is 0.906 bits per heavy atom. The van der Waals surface area contributed by atoms with Crippen molar-refractivity contribution in [1.29, 1.82) is 0 Å². The number of nitrogens with one attached hydrogen (secondary N) is 1. The molecule has 1 aliphatic heterocycles. The third-order valence-corrected chi connectivity index (χ3v) is 7.33. The molecule has 1 N–H and O–H groups in total. The lowest BCUT2D eigenvalue weighted by Gasteiger charge is -2.30. The van der Waals surface area contributed by atoms with E-state index in [1.54, 1.807) is 18.2 Å². The molecule has 0 aromatic heterocycles. The lowest BCUT2D eigenvalue weighted by molar-refractivity contribution is -0.120. The molecule has 0 saturated carbocycles. The fourth-order valence-electron chi connectivity index (χ4n) is 3.66. The van der Waals surface area contributed by atoms with Crippen LogP contribution in [0.4, 0.5) is 10.1 Å². The van der Waals surface area contributed by atoms with Crippen LogP contribution in [0.25, 0.3) is 0 Å². The fourth-order valence-corrected chi connectivity index (χ4v) is 5.20. The minimum absolute atomic E-state index is 0.150. The number of hydrogen-bond donors (Lipinski definition) is 1. The van der Waals surface area contributed by atoms with E-state index in [1.807, 2.05) is 36.4 Å². The number of carbonyl (C=O) groups is 1. The summed E-state index contributed by atoms with van der Waals surface area (Å²) in [5.74, 6) is -0.154. The predicted molar refractivity (Wildman–Crippen MR) is 119 cm³/mol. The molecule has 1 saturated heterocycles. The van der Waals surface area contributed by atoms with E-state index < -0.39 is 15.8 Å². The molecule has 0 aliphatic carbocycles. The highest BCUT2D eigenvalue weighted by Gasteiger charge is 2.33. The van der Waals surface area contributed by atoms with E-state index in [4.69, 9.17) is 4.74 Å². The van der Waals surface area contributed by atoms with Gasteiger partial charge >= 0.3 is 0 Å². The van der Waals surface area contributed by atoms with Gasteiger partial charge in [0.1, 0.15) is 16.5 Å². The molecule has 3 aromatic rings. The number of ether oxygens (including phenoxy) is 1. The van der Waals surface area contributed by atoms with Crippen molar-refractivity contribution < 1.29 is 22.3 Å². The molecule has 6 nitrogen and oxygen atoms in total. The van der Waals surface area contributed by atoms with E-state index in [0.29, 0.717) is 30.0 Å². The minimum Gasteiger partial charge on any atom is -0.455 e. The number of rotatable bonds is 6. The molecule has 3 aromatic carbocycles. The van der Waals surface area contributed by atoms with Gasteiger partial charge in [0.05, 0.1) is 5.69 Å². The first-order valence-electron chi connectivity index (χ1n) is 10.3. The van der Waals surface area contributed by atoms with Crippen LogP contribution >= 0.6 is 0 Å². The molecule has 32 heavy (non-hydrogen) atoms. The zero-order valence-corrected chi connectivity index (χ0v) is 18.1. The summed E-state index contributed by atoms with van der Waals surface area (Å²) in [4.78, 5) is 12.5. The zero-order chi connectivity index (χ0) is 22.6. The van der Waals surface area contributed by atoms with Crippen LogP contribution in [-0.4, -0.2) is 31.7 Å². The second-order valence-corrected chi connectivity index (χ2v) is 9.42. The Morgan fingerprint density at radius 2 is 1.53 bits per heavy atom. The maximum atomic E-state index is 14.0. The lowest BCUT2D eigenvalue weighted by atomic mass is 9.97. The number of benzene rings is 3. The molecular weight excluding hydrogens is 431 g/mol. The second-order valence-electron chi connectivity index (χ2n) is 7.51. The Morgan fingerprint density at radius 3 is 2.25 bits per heavy atom. The van der Waals surface area contributed by atoms with E-state index in [2.05, 4.69) is 5.32 Å². The third-order valence-electron chi connectivity index (χ3n) is 5.40. The van der Waals surface area contributed by atoms with Crippen LogP contribution in [-0.2, 0) is 14.8 Å². The van der Waals surface area contributed by atoms with Crippen molar-refractivity contribution in [2.45, 2.75) is 17.7 Å². The van der Waals surface area contributed by atoms with Gasteiger partial charge in [0.15, 0.2) is 5.75 Å². The number of para-hydroxylation sites is 3. The largest absolute Gasteiger partial charge is 0.455 e. The van der Waals surface area contributed by atoms with Gasteiger partial charge in [0.25, 0.3) is 0 Å². The Balaban J connectivity index is 1.40. The van der Waals surface area contributed by atoms with E-state index >= 15 is 0 Å². The monoisotopic (exact) mass is 454 g/mol. The first-order valence-corrected chi connectivity index (χ1v) is 11.8. The molecule has 1 aliphatic rings. The first kappa shape index (κ1) is 22.0. The summed E-state index contributed by atoms with van der Waals surface area (Å²) in [5.41, 5.74) is 0.544. The van der Waals surface area contributed by atoms with E-state index in [-0.39, 0.29) is 29.8 Å². The Hall–Kier alpha value is -3.23. The SMILES string of the molecule is O=C(Nc1ccccc1Oc1ccccc1)C1CCN(S(=O)(=O)c2ccccc2F)CC1. The zero-order valence-electron chi connectivity index (χ0n) is 17.3. The summed E-state index contributed by atoms with van der Waals surface area (Å²) in [5, 5.41) is 2.90. The molecule has 166 valence electrons. The van der Waals surface area contributed by atoms with E-state index in [0.717, 1.165) is 6.07 Å². The maximum Gasteiger partial charge on any atom is 0.245 e. The van der Waals surface area contributed by atoms with Crippen LogP contribution in [0, 0.1) is 11.7 Å². The fraction of sp³-hybridized carbons (Fsp3) is 0.208. The highest BCUT2D eigenvalue weighted by atomic mass is 32.2. The molecule has 0 atom stereocenters. The van der Waals surface area contributed by atoms with Crippen LogP contribution in [0.2, 0.25) is 0 Å². The maximum absolute atomic E-state index is 14.0. The van der Waals surface area contributed by atoms with Gasteiger partial charge in [0, 0.05) is 19.0 Å². The third kappa shape index (κ3) is 4.81. The van der Waals surface area contributed by atoms with Crippen molar-refractivity contribution in [2.24, 2.45) is 5.92 Å². The highest BCUT2D eigenvalue weighted by molar-refractivity contribution is 7.89. The van der Waals surface area contributed by atoms with Crippen LogP contribution in [0.15, 0.2) is 83.8 Å². The number of sulfonamides is 1. The number of piperidine rings is 1. The van der Waals surface area contributed by atoms with Gasteiger partial charge in [-0.15, -0.1) is 0 Å². The minimum atomic E-state index is -3.94. The normalized spacial score (nSPS) is 15.3. The van der Waals surface area contributed by atoms with Gasteiger partial charge in [-0.25, -0.2) is 12.8 Å². The summed E-state index contributed by atoms with van der Waals surface area (Å²) in [6.45, 7) is 0.299. The predicted octanol–water partition coefficient (Wildman–Crippen LogP) is 4.66. The first-order chi connectivity index (χ1) is 15.4. The standard InChI is InChI=1S/C24H23FN2O4S/c25-20-10-4-7-13-23(20)32(29,30)27-16-14-18(15-17-27)24(28)26-21-11-5-6-12-22(21)31-19-8-2-1-3-9-19/h1-13,18H,14-17H2,(H,26,28). The van der Waals surface area contributed by atoms with Gasteiger partial charge in [-0.1, -0.05) is 42.5 Å². The number of carbonyl (C=O) groups excluding carboxylic acids is 1. The van der Waals surface area contributed by atoms with Crippen LogP contribution in [0.5, 0.6) is 11.5 Å². The van der Waals surface area contributed by atoms with E-state index in [1.165, 1.54) is 22.5 Å². The number of anilines is 1. The summed E-state index contributed by atoms with van der Waals surface area (Å²) in [7, 11) is -3.94. The smallest absolute Gasteiger partial charge is 0.245 e. The van der Waals surface area contributed by atoms with Gasteiger partial charge in [0.2, 0.25) is 15.9 Å². The van der Waals surface area contributed by atoms with Gasteiger partial charge < -0.3 is 10.1 Å². The van der Waals surface area contributed by atoms with Crippen molar-refractivity contribution in [3.63, 3.8) is 0 Å². The molecule has 0 bridgehead atoms. The number of nitrogens with zero attached hydrogens (tertiary/aromatic N) is 1. The second kappa shape index (κ2) is 9.50. The van der Waals surface area contributed by atoms with Gasteiger partial charge in [-0.3, -0.25) is 4.79 Å². The number of halogens is 1. The van der Waals surface area contributed by atoms with Crippen molar-refractivity contribution in [3.05, 3.63) is 84.7 Å². The lowest BCUT2D eigenvalue weighted by Crippen LogP contribution is -2.41.